The molecule has 22 heavy (non-hydrogen) atoms. The molecular formula is C13H15BrN2O6. The van der Waals surface area contributed by atoms with Gasteiger partial charge in [-0.3, -0.25) is 10.1 Å². The number of carbonyl (C=O) groups is 1. The summed E-state index contributed by atoms with van der Waals surface area (Å²) < 4.78 is 9.88. The second-order valence-corrected chi connectivity index (χ2v) is 4.86. The van der Waals surface area contributed by atoms with Crippen LogP contribution in [0.15, 0.2) is 16.7 Å². The van der Waals surface area contributed by atoms with Crippen LogP contribution in [0.5, 0.6) is 0 Å². The fourth-order valence-corrected chi connectivity index (χ4v) is 1.84. The fourth-order valence-electron chi connectivity index (χ4n) is 1.49. The van der Waals surface area contributed by atoms with E-state index in [0.717, 1.165) is 6.07 Å². The van der Waals surface area contributed by atoms with Crippen molar-refractivity contribution in [1.82, 2.24) is 4.98 Å². The monoisotopic (exact) mass is 374 g/mol. The molecule has 1 aromatic heterocycles. The second kappa shape index (κ2) is 8.57. The first-order valence-corrected chi connectivity index (χ1v) is 7.18. The zero-order chi connectivity index (χ0) is 16.7. The highest BCUT2D eigenvalue weighted by molar-refractivity contribution is 9.11. The summed E-state index contributed by atoms with van der Waals surface area (Å²) in [6, 6.07) is 1.07. The summed E-state index contributed by atoms with van der Waals surface area (Å²) in [4.78, 5) is 25.9. The molecule has 0 aromatic carbocycles. The van der Waals surface area contributed by atoms with Gasteiger partial charge >= 0.3 is 5.97 Å². The van der Waals surface area contributed by atoms with Crippen molar-refractivity contribution < 1.29 is 24.3 Å². The molecule has 0 fully saturated rings. The Morgan fingerprint density at radius 2 is 2.23 bits per heavy atom. The van der Waals surface area contributed by atoms with Crippen molar-refractivity contribution in [2.24, 2.45) is 0 Å². The van der Waals surface area contributed by atoms with E-state index in [1.165, 1.54) is 12.3 Å². The van der Waals surface area contributed by atoms with E-state index in [2.05, 4.69) is 20.9 Å². The average Bonchev–Trinajstić information content (AvgIpc) is 2.47. The van der Waals surface area contributed by atoms with Crippen molar-refractivity contribution in [1.29, 1.82) is 0 Å². The topological polar surface area (TPSA) is 112 Å². The van der Waals surface area contributed by atoms with Gasteiger partial charge in [-0.25, -0.2) is 9.78 Å². The Morgan fingerprint density at radius 1 is 1.55 bits per heavy atom. The van der Waals surface area contributed by atoms with Crippen LogP contribution in [0.4, 0.5) is 5.69 Å². The van der Waals surface area contributed by atoms with E-state index in [0.29, 0.717) is 0 Å². The van der Waals surface area contributed by atoms with E-state index in [4.69, 9.17) is 9.47 Å². The molecule has 0 saturated carbocycles. The number of aromatic nitrogens is 1. The zero-order valence-electron chi connectivity index (χ0n) is 12.0. The maximum atomic E-state index is 11.6. The number of rotatable bonds is 7. The summed E-state index contributed by atoms with van der Waals surface area (Å²) in [5.41, 5.74) is -0.429. The number of ether oxygens (including phenoxy) is 2. The van der Waals surface area contributed by atoms with Crippen molar-refractivity contribution in [2.45, 2.75) is 20.1 Å². The number of halogens is 1. The average molecular weight is 375 g/mol. The summed E-state index contributed by atoms with van der Waals surface area (Å²) >= 11 is 3.07. The molecule has 0 amide bonds. The first-order chi connectivity index (χ1) is 10.4. The molecule has 0 aliphatic heterocycles. The first-order valence-electron chi connectivity index (χ1n) is 6.39. The number of esters is 1. The maximum absolute atomic E-state index is 11.6. The molecule has 120 valence electrons. The number of nitrogens with zero attached hydrogens (tertiary/aromatic N) is 2. The van der Waals surface area contributed by atoms with Gasteiger partial charge in [0.25, 0.3) is 5.69 Å². The minimum atomic E-state index is -1.25. The van der Waals surface area contributed by atoms with Gasteiger partial charge in [0, 0.05) is 18.9 Å². The molecule has 1 N–H and O–H groups in total. The Morgan fingerprint density at radius 3 is 2.77 bits per heavy atom. The van der Waals surface area contributed by atoms with Crippen LogP contribution in [-0.4, -0.2) is 40.5 Å². The highest BCUT2D eigenvalue weighted by atomic mass is 79.9. The lowest BCUT2D eigenvalue weighted by Gasteiger charge is -2.09. The van der Waals surface area contributed by atoms with E-state index in [-0.39, 0.29) is 34.6 Å². The molecule has 1 aromatic rings. The van der Waals surface area contributed by atoms with Gasteiger partial charge in [0.1, 0.15) is 5.69 Å². The predicted molar refractivity (Wildman–Crippen MR) is 81.4 cm³/mol. The summed E-state index contributed by atoms with van der Waals surface area (Å²) in [6.45, 7) is 3.74. The van der Waals surface area contributed by atoms with Crippen LogP contribution in [0.3, 0.4) is 0 Å². The number of hydrogen-bond acceptors (Lipinski definition) is 7. The molecule has 0 aliphatic carbocycles. The first kappa shape index (κ1) is 18.2. The normalized spacial score (nSPS) is 12.8. The lowest BCUT2D eigenvalue weighted by molar-refractivity contribution is -0.385. The number of nitro groups is 1. The summed E-state index contributed by atoms with van der Waals surface area (Å²) in [6.07, 6.45) is 1.17. The van der Waals surface area contributed by atoms with Gasteiger partial charge in [0.05, 0.1) is 21.6 Å². The Labute approximate surface area is 135 Å². The van der Waals surface area contributed by atoms with Gasteiger partial charge in [-0.15, -0.1) is 0 Å². The standard InChI is InChI=1S/C13H15BrN2O6/c1-3-21-12(17)8-5-11(16(19)20)10(15-7-8)6-9(14)13(18)22-4-2/h5-7,13,18H,3-4H2,1-2H3/b9-6-. The van der Waals surface area contributed by atoms with Gasteiger partial charge in [-0.2, -0.15) is 0 Å². The van der Waals surface area contributed by atoms with Crippen LogP contribution in [0.1, 0.15) is 29.9 Å². The Hall–Kier alpha value is -1.84. The van der Waals surface area contributed by atoms with Crippen LogP contribution < -0.4 is 0 Å². The molecule has 1 heterocycles. The molecule has 8 nitrogen and oxygen atoms in total. The van der Waals surface area contributed by atoms with Crippen LogP contribution in [0.25, 0.3) is 6.08 Å². The molecule has 1 unspecified atom stereocenters. The number of aliphatic hydroxyl groups excluding tert-OH is 1. The third-order valence-electron chi connectivity index (χ3n) is 2.44. The summed E-state index contributed by atoms with van der Waals surface area (Å²) in [5, 5.41) is 20.7. The van der Waals surface area contributed by atoms with E-state index < -0.39 is 17.2 Å². The quantitative estimate of drug-likeness (QED) is 0.337. The summed E-state index contributed by atoms with van der Waals surface area (Å²) in [5.74, 6) is -0.693. The highest BCUT2D eigenvalue weighted by Gasteiger charge is 2.20. The smallest absolute Gasteiger partial charge is 0.339 e. The molecule has 9 heteroatoms. The molecule has 1 atom stereocenters. The zero-order valence-corrected chi connectivity index (χ0v) is 13.6. The lowest BCUT2D eigenvalue weighted by Crippen LogP contribution is -2.11. The minimum Gasteiger partial charge on any atom is -0.462 e. The highest BCUT2D eigenvalue weighted by Crippen LogP contribution is 2.24. The second-order valence-electron chi connectivity index (χ2n) is 3.94. The number of aliphatic hydroxyl groups is 1. The number of carbonyl (C=O) groups excluding carboxylic acids is 1. The van der Waals surface area contributed by atoms with Crippen LogP contribution in [0, 0.1) is 10.1 Å². The minimum absolute atomic E-state index is 0.0211. The Kier molecular flexibility index (Phi) is 7.09. The third-order valence-corrected chi connectivity index (χ3v) is 3.06. The van der Waals surface area contributed by atoms with E-state index in [1.807, 2.05) is 0 Å². The van der Waals surface area contributed by atoms with Crippen molar-refractivity contribution >= 4 is 33.7 Å². The largest absolute Gasteiger partial charge is 0.462 e. The van der Waals surface area contributed by atoms with Gasteiger partial charge in [-0.05, 0) is 19.9 Å². The maximum Gasteiger partial charge on any atom is 0.339 e. The van der Waals surface area contributed by atoms with Crippen LogP contribution >= 0.6 is 15.9 Å². The molecule has 0 saturated heterocycles. The Bertz CT molecular complexity index is 590. The molecule has 1 rings (SSSR count). The van der Waals surface area contributed by atoms with Gasteiger partial charge in [0.2, 0.25) is 0 Å². The Balaban J connectivity index is 3.18. The van der Waals surface area contributed by atoms with Crippen molar-refractivity contribution in [3.05, 3.63) is 38.1 Å². The lowest BCUT2D eigenvalue weighted by atomic mass is 10.2. The van der Waals surface area contributed by atoms with Crippen LogP contribution in [-0.2, 0) is 9.47 Å². The molecule has 0 radical (unpaired) electrons. The van der Waals surface area contributed by atoms with Crippen molar-refractivity contribution in [2.75, 3.05) is 13.2 Å². The van der Waals surface area contributed by atoms with Crippen LogP contribution in [0.2, 0.25) is 0 Å². The molecular weight excluding hydrogens is 360 g/mol. The van der Waals surface area contributed by atoms with Crippen molar-refractivity contribution in [3.8, 4) is 0 Å². The molecule has 0 aliphatic rings. The fraction of sp³-hybridized carbons (Fsp3) is 0.385. The van der Waals surface area contributed by atoms with E-state index >= 15 is 0 Å². The van der Waals surface area contributed by atoms with Gasteiger partial charge < -0.3 is 14.6 Å². The molecule has 0 bridgehead atoms. The van der Waals surface area contributed by atoms with Gasteiger partial charge in [-0.1, -0.05) is 15.9 Å². The predicted octanol–water partition coefficient (Wildman–Crippen LogP) is 2.26. The van der Waals surface area contributed by atoms with E-state index in [1.54, 1.807) is 13.8 Å². The SMILES string of the molecule is CCOC(=O)c1cnc(/C=C(\Br)C(O)OCC)c([N+](=O)[O-])c1. The van der Waals surface area contributed by atoms with E-state index in [9.17, 15) is 20.0 Å². The number of hydrogen-bond donors (Lipinski definition) is 1. The molecule has 0 spiro atoms. The number of pyridine rings is 1. The third kappa shape index (κ3) is 4.86. The summed E-state index contributed by atoms with van der Waals surface area (Å²) in [7, 11) is 0. The van der Waals surface area contributed by atoms with Crippen molar-refractivity contribution in [3.63, 3.8) is 0 Å². The van der Waals surface area contributed by atoms with Gasteiger partial charge in [0.15, 0.2) is 6.29 Å².